The molecule has 0 radical (unpaired) electrons. The van der Waals surface area contributed by atoms with Crippen LogP contribution in [0, 0.1) is 6.92 Å². The molecule has 3 heterocycles. The highest BCUT2D eigenvalue weighted by atomic mass is 16.5. The summed E-state index contributed by atoms with van der Waals surface area (Å²) in [6.45, 7) is 6.47. The van der Waals surface area contributed by atoms with E-state index < -0.39 is 0 Å². The predicted octanol–water partition coefficient (Wildman–Crippen LogP) is 2.80. The van der Waals surface area contributed by atoms with Gasteiger partial charge in [-0.2, -0.15) is 10.1 Å². The second-order valence-corrected chi connectivity index (χ2v) is 8.27. The molecular formula is C24H24N6O3. The zero-order valence-corrected chi connectivity index (χ0v) is 18.5. The minimum atomic E-state index is -0.301. The van der Waals surface area contributed by atoms with Crippen LogP contribution >= 0.6 is 0 Å². The van der Waals surface area contributed by atoms with Crippen LogP contribution in [0.3, 0.4) is 0 Å². The Kier molecular flexibility index (Phi) is 5.47. The third kappa shape index (κ3) is 4.03. The molecule has 0 saturated carbocycles. The van der Waals surface area contributed by atoms with Crippen molar-refractivity contribution in [3.05, 3.63) is 76.0 Å². The average molecular weight is 444 g/mol. The molecule has 2 aromatic carbocycles. The maximum atomic E-state index is 13.1. The SMILES string of the molecule is Cc1ccc(-c2noc(C(C)N3CCN(C(=O)c4n[nH]c(=O)c5ccccc45)CC3)n2)cc1. The number of fused-ring (bicyclic) bond motifs is 1. The highest BCUT2D eigenvalue weighted by Crippen LogP contribution is 2.24. The van der Waals surface area contributed by atoms with E-state index in [-0.39, 0.29) is 23.2 Å². The molecule has 1 fully saturated rings. The molecule has 5 rings (SSSR count). The molecule has 0 spiro atoms. The summed E-state index contributed by atoms with van der Waals surface area (Å²) in [6.07, 6.45) is 0. The van der Waals surface area contributed by atoms with Crippen molar-refractivity contribution >= 4 is 16.7 Å². The van der Waals surface area contributed by atoms with Crippen molar-refractivity contribution < 1.29 is 9.32 Å². The Morgan fingerprint density at radius 3 is 2.45 bits per heavy atom. The van der Waals surface area contributed by atoms with Gasteiger partial charge in [-0.05, 0) is 19.9 Å². The number of nitrogens with zero attached hydrogens (tertiary/aromatic N) is 5. The lowest BCUT2D eigenvalue weighted by Crippen LogP contribution is -2.49. The summed E-state index contributed by atoms with van der Waals surface area (Å²) >= 11 is 0. The van der Waals surface area contributed by atoms with Gasteiger partial charge in [0.15, 0.2) is 5.69 Å². The van der Waals surface area contributed by atoms with Gasteiger partial charge >= 0.3 is 0 Å². The van der Waals surface area contributed by atoms with Crippen molar-refractivity contribution in [1.82, 2.24) is 30.1 Å². The van der Waals surface area contributed by atoms with E-state index in [0.717, 1.165) is 5.56 Å². The van der Waals surface area contributed by atoms with Crippen molar-refractivity contribution in [2.75, 3.05) is 26.2 Å². The van der Waals surface area contributed by atoms with Crippen LogP contribution in [-0.4, -0.2) is 62.2 Å². The van der Waals surface area contributed by atoms with Crippen LogP contribution in [0.4, 0.5) is 0 Å². The molecule has 33 heavy (non-hydrogen) atoms. The Morgan fingerprint density at radius 1 is 1.03 bits per heavy atom. The van der Waals surface area contributed by atoms with Gasteiger partial charge < -0.3 is 9.42 Å². The molecule has 9 nitrogen and oxygen atoms in total. The van der Waals surface area contributed by atoms with Crippen molar-refractivity contribution in [3.8, 4) is 11.4 Å². The minimum Gasteiger partial charge on any atom is -0.337 e. The number of amides is 1. The molecule has 4 aromatic rings. The zero-order valence-electron chi connectivity index (χ0n) is 18.5. The van der Waals surface area contributed by atoms with E-state index in [0.29, 0.717) is 48.7 Å². The summed E-state index contributed by atoms with van der Waals surface area (Å²) in [5, 5.41) is 11.6. The number of hydrogen-bond acceptors (Lipinski definition) is 7. The number of hydrogen-bond donors (Lipinski definition) is 1. The fraction of sp³-hybridized carbons (Fsp3) is 0.292. The first-order valence-electron chi connectivity index (χ1n) is 10.9. The Morgan fingerprint density at radius 2 is 1.73 bits per heavy atom. The van der Waals surface area contributed by atoms with Crippen LogP contribution in [0.1, 0.15) is 34.9 Å². The number of benzene rings is 2. The normalized spacial score (nSPS) is 15.6. The minimum absolute atomic E-state index is 0.0685. The van der Waals surface area contributed by atoms with E-state index in [1.165, 1.54) is 5.56 Å². The molecule has 168 valence electrons. The van der Waals surface area contributed by atoms with E-state index in [1.807, 2.05) is 38.1 Å². The van der Waals surface area contributed by atoms with Crippen LogP contribution in [0.15, 0.2) is 57.8 Å². The van der Waals surface area contributed by atoms with Crippen molar-refractivity contribution in [1.29, 1.82) is 0 Å². The Balaban J connectivity index is 1.27. The lowest BCUT2D eigenvalue weighted by Gasteiger charge is -2.36. The highest BCUT2D eigenvalue weighted by molar-refractivity contribution is 6.04. The van der Waals surface area contributed by atoms with Crippen molar-refractivity contribution in [2.45, 2.75) is 19.9 Å². The van der Waals surface area contributed by atoms with Gasteiger partial charge in [-0.15, -0.1) is 0 Å². The molecule has 1 amide bonds. The maximum absolute atomic E-state index is 13.1. The quantitative estimate of drug-likeness (QED) is 0.516. The maximum Gasteiger partial charge on any atom is 0.275 e. The van der Waals surface area contributed by atoms with E-state index in [4.69, 9.17) is 4.52 Å². The fourth-order valence-corrected chi connectivity index (χ4v) is 4.12. The molecule has 9 heteroatoms. The number of aromatic nitrogens is 4. The second kappa shape index (κ2) is 8.59. The van der Waals surface area contributed by atoms with Crippen LogP contribution in [0.5, 0.6) is 0 Å². The number of aryl methyl sites for hydroxylation is 1. The molecule has 1 saturated heterocycles. The lowest BCUT2D eigenvalue weighted by molar-refractivity contribution is 0.0547. The number of aromatic amines is 1. The Labute approximate surface area is 190 Å². The fourth-order valence-electron chi connectivity index (χ4n) is 4.12. The highest BCUT2D eigenvalue weighted by Gasteiger charge is 2.29. The van der Waals surface area contributed by atoms with Crippen molar-refractivity contribution in [2.24, 2.45) is 0 Å². The van der Waals surface area contributed by atoms with Crippen LogP contribution < -0.4 is 5.56 Å². The van der Waals surface area contributed by atoms with Crippen LogP contribution in [0.25, 0.3) is 22.2 Å². The first-order chi connectivity index (χ1) is 16.0. The first-order valence-corrected chi connectivity index (χ1v) is 10.9. The molecule has 2 aromatic heterocycles. The molecule has 0 bridgehead atoms. The van der Waals surface area contributed by atoms with Gasteiger partial charge in [0.2, 0.25) is 11.7 Å². The van der Waals surface area contributed by atoms with Gasteiger partial charge in [-0.25, -0.2) is 5.10 Å². The number of H-pyrrole nitrogens is 1. The third-order valence-electron chi connectivity index (χ3n) is 6.16. The number of carbonyl (C=O) groups excluding carboxylic acids is 1. The number of rotatable bonds is 4. The Bertz CT molecular complexity index is 1350. The summed E-state index contributed by atoms with van der Waals surface area (Å²) in [4.78, 5) is 33.7. The molecule has 1 aliphatic rings. The van der Waals surface area contributed by atoms with E-state index in [2.05, 4.69) is 25.2 Å². The van der Waals surface area contributed by atoms with Crippen LogP contribution in [-0.2, 0) is 0 Å². The second-order valence-electron chi connectivity index (χ2n) is 8.27. The molecule has 1 N–H and O–H groups in total. The largest absolute Gasteiger partial charge is 0.337 e. The van der Waals surface area contributed by atoms with Gasteiger partial charge in [-0.3, -0.25) is 14.5 Å². The van der Waals surface area contributed by atoms with Gasteiger partial charge in [0.25, 0.3) is 11.5 Å². The summed E-state index contributed by atoms with van der Waals surface area (Å²) in [5.41, 5.74) is 2.06. The Hall–Kier alpha value is -3.85. The predicted molar refractivity (Wildman–Crippen MR) is 123 cm³/mol. The average Bonchev–Trinajstić information content (AvgIpc) is 3.34. The van der Waals surface area contributed by atoms with E-state index in [1.54, 1.807) is 29.2 Å². The van der Waals surface area contributed by atoms with Crippen molar-refractivity contribution in [3.63, 3.8) is 0 Å². The number of carbonyl (C=O) groups is 1. The summed E-state index contributed by atoms with van der Waals surface area (Å²) < 4.78 is 5.54. The number of piperazine rings is 1. The molecule has 1 aliphatic heterocycles. The molecule has 1 atom stereocenters. The van der Waals surface area contributed by atoms with E-state index in [9.17, 15) is 9.59 Å². The smallest absolute Gasteiger partial charge is 0.275 e. The third-order valence-corrected chi connectivity index (χ3v) is 6.16. The standard InChI is InChI=1S/C24H24N6O3/c1-15-7-9-17(10-8-15)21-25-23(33-28-21)16(2)29-11-13-30(14-12-29)24(32)20-18-5-3-4-6-19(18)22(31)27-26-20/h3-10,16H,11-14H2,1-2H3,(H,27,31). The monoisotopic (exact) mass is 444 g/mol. The van der Waals surface area contributed by atoms with Gasteiger partial charge in [0.05, 0.1) is 11.4 Å². The first kappa shape index (κ1) is 21.0. The zero-order chi connectivity index (χ0) is 22.9. The number of nitrogens with one attached hydrogen (secondary N) is 1. The topological polar surface area (TPSA) is 108 Å². The lowest BCUT2D eigenvalue weighted by atomic mass is 10.1. The van der Waals surface area contributed by atoms with E-state index >= 15 is 0 Å². The van der Waals surface area contributed by atoms with Gasteiger partial charge in [-0.1, -0.05) is 53.2 Å². The summed E-state index contributed by atoms with van der Waals surface area (Å²) in [7, 11) is 0. The molecule has 0 aliphatic carbocycles. The molecular weight excluding hydrogens is 420 g/mol. The van der Waals surface area contributed by atoms with Gasteiger partial charge in [0.1, 0.15) is 0 Å². The molecule has 1 unspecified atom stereocenters. The summed E-state index contributed by atoms with van der Waals surface area (Å²) in [6, 6.07) is 15.0. The summed E-state index contributed by atoms with van der Waals surface area (Å²) in [5.74, 6) is 0.939. The van der Waals surface area contributed by atoms with Crippen LogP contribution in [0.2, 0.25) is 0 Å². The van der Waals surface area contributed by atoms with Gasteiger partial charge in [0, 0.05) is 37.1 Å².